The second kappa shape index (κ2) is 25.1. The van der Waals surface area contributed by atoms with Crippen molar-refractivity contribution in [1.82, 2.24) is 0 Å². The van der Waals surface area contributed by atoms with Gasteiger partial charge in [0.15, 0.2) is 65.0 Å². The maximum absolute atomic E-state index is 14.0. The Bertz CT molecular complexity index is 3400. The van der Waals surface area contributed by atoms with Gasteiger partial charge in [-0.05, 0) is 48.5 Å². The van der Waals surface area contributed by atoms with Gasteiger partial charge in [-0.2, -0.15) is 0 Å². The van der Waals surface area contributed by atoms with Gasteiger partial charge in [-0.1, -0.05) is 18.2 Å². The number of hydrogen-bond donors (Lipinski definition) is 0. The van der Waals surface area contributed by atoms with Crippen LogP contribution in [0.25, 0.3) is 0 Å². The molecule has 0 fully saturated rings. The van der Waals surface area contributed by atoms with Crippen molar-refractivity contribution in [3.05, 3.63) is 123 Å². The Hall–Kier alpha value is -9.27. The molecule has 8 atom stereocenters. The molecule has 9 rings (SSSR count). The van der Waals surface area contributed by atoms with E-state index in [-0.39, 0.29) is 46.7 Å². The number of hydrogen-bond acceptors (Lipinski definition) is 21. The minimum atomic E-state index is -1.29. The van der Waals surface area contributed by atoms with Gasteiger partial charge in [-0.15, -0.1) is 0 Å². The fraction of sp³-hybridized carbons (Fsp3) is 0.381. The van der Waals surface area contributed by atoms with Gasteiger partial charge in [0.1, 0.15) is 46.4 Å². The molecule has 0 amide bonds. The average molecular weight is 1160 g/mol. The van der Waals surface area contributed by atoms with Crippen LogP contribution in [-0.2, 0) is 35.0 Å². The summed E-state index contributed by atoms with van der Waals surface area (Å²) in [6.45, 7) is 3.90. The Kier molecular flexibility index (Phi) is 17.7. The van der Waals surface area contributed by atoms with E-state index in [2.05, 4.69) is 0 Å². The van der Waals surface area contributed by atoms with Crippen molar-refractivity contribution in [3.63, 3.8) is 0 Å². The third-order valence-corrected chi connectivity index (χ3v) is 15.1. The Morgan fingerprint density at radius 2 is 0.810 bits per heavy atom. The zero-order chi connectivity index (χ0) is 60.3. The summed E-state index contributed by atoms with van der Waals surface area (Å²) in [5, 5.41) is 0. The van der Waals surface area contributed by atoms with E-state index in [1.54, 1.807) is 66.7 Å². The maximum atomic E-state index is 14.0. The summed E-state index contributed by atoms with van der Waals surface area (Å²) in [4.78, 5) is 41.4. The normalized spacial score (nSPS) is 20.0. The predicted molar refractivity (Wildman–Crippen MR) is 301 cm³/mol. The molecule has 21 heteroatoms. The summed E-state index contributed by atoms with van der Waals surface area (Å²) < 4.78 is 113. The number of ether oxygens (including phenoxy) is 18. The lowest BCUT2D eigenvalue weighted by molar-refractivity contribution is -0.154. The Labute approximate surface area is 486 Å². The summed E-state index contributed by atoms with van der Waals surface area (Å²) in [6, 6.07) is 22.7. The van der Waals surface area contributed by atoms with Crippen LogP contribution in [0.2, 0.25) is 0 Å². The summed E-state index contributed by atoms with van der Waals surface area (Å²) in [7, 11) is 18.0. The van der Waals surface area contributed by atoms with Gasteiger partial charge in [-0.25, -0.2) is 0 Å². The zero-order valence-electron chi connectivity index (χ0n) is 49.4. The fourth-order valence-corrected chi connectivity index (χ4v) is 11.7. The highest BCUT2D eigenvalue weighted by molar-refractivity contribution is 5.75. The second-order valence-corrected chi connectivity index (χ2v) is 19.6. The van der Waals surface area contributed by atoms with Crippen LogP contribution in [-0.4, -0.2) is 122 Å². The first-order valence-electron chi connectivity index (χ1n) is 26.6. The lowest BCUT2D eigenvalue weighted by Gasteiger charge is -2.46. The minimum Gasteiger partial charge on any atom is -0.497 e. The molecule has 21 nitrogen and oxygen atoms in total. The largest absolute Gasteiger partial charge is 0.497 e. The molecule has 0 N–H and O–H groups in total. The molecule has 0 saturated heterocycles. The van der Waals surface area contributed by atoms with Crippen molar-refractivity contribution in [2.24, 2.45) is 0 Å². The highest BCUT2D eigenvalue weighted by Crippen LogP contribution is 2.64. The second-order valence-electron chi connectivity index (χ2n) is 19.6. The number of esters is 3. The van der Waals surface area contributed by atoms with Crippen molar-refractivity contribution in [1.29, 1.82) is 0 Å². The van der Waals surface area contributed by atoms with Crippen molar-refractivity contribution < 1.29 is 99.6 Å². The summed E-state index contributed by atoms with van der Waals surface area (Å²) >= 11 is 0. The van der Waals surface area contributed by atoms with E-state index in [0.717, 1.165) is 0 Å². The van der Waals surface area contributed by atoms with Crippen LogP contribution < -0.4 is 71.1 Å². The highest BCUT2D eigenvalue weighted by atomic mass is 16.6. The first-order valence-corrected chi connectivity index (χ1v) is 26.6. The zero-order valence-corrected chi connectivity index (χ0v) is 49.4. The molecule has 0 radical (unpaired) electrons. The predicted octanol–water partition coefficient (Wildman–Crippen LogP) is 9.79. The third-order valence-electron chi connectivity index (χ3n) is 15.1. The molecule has 6 aromatic carbocycles. The lowest BCUT2D eigenvalue weighted by Crippen LogP contribution is -2.42. The molecule has 84 heavy (non-hydrogen) atoms. The van der Waals surface area contributed by atoms with Crippen molar-refractivity contribution in [2.45, 2.75) is 75.7 Å². The molecule has 6 aromatic rings. The molecule has 0 unspecified atom stereocenters. The van der Waals surface area contributed by atoms with Crippen molar-refractivity contribution in [2.75, 3.05) is 85.3 Å². The van der Waals surface area contributed by atoms with Gasteiger partial charge in [0.05, 0.1) is 97.2 Å². The summed E-state index contributed by atoms with van der Waals surface area (Å²) in [6.07, 6.45) is -7.12. The standard InChI is InChI=1S/C63H68O21/c1-30(64)79-49-29-40-57(83-54(49)33-16-21-41(69-6)44(22-33)71-8)53(51-39-20-18-37(68-5)28-43(39)82-55(62(51)80-31(2)65)34-23-45(72-9)59(76-13)46(24-34)73-10)61(78-15)52-50(38-19-17-36(67-4)27-42(38)70-7)63(81-32(3)66)56(84-58(40)52)35-25-47(74-11)60(77-14)48(26-35)75-12/h16-28,49-51,54-56,62-63H,29H2,1-15H3/t49-,50-,51-,54+,55+,56+,62-,63-/m0/s1. The molecule has 3 aliphatic rings. The van der Waals surface area contributed by atoms with Gasteiger partial charge in [0, 0.05) is 83.8 Å². The van der Waals surface area contributed by atoms with Gasteiger partial charge in [0.2, 0.25) is 11.5 Å². The Morgan fingerprint density at radius 1 is 0.381 bits per heavy atom. The van der Waals surface area contributed by atoms with Gasteiger partial charge >= 0.3 is 17.9 Å². The molecule has 3 aliphatic heterocycles. The SMILES string of the molecule is COc1ccc2c(c1)O[C@H](c1cc(OC)c(OC)c(OC)c1)[C@@H](OC(C)=O)[C@@H]2c1c2c(c3c(c1OC)[C@H](c1ccc(OC)cc1OC)[C@H](OC(C)=O)[C@@H](c1cc(OC)c(OC)c(OC)c1)O3)C[C@H](OC(C)=O)[C@@H](c1ccc(OC)c(OC)c1)O2. The monoisotopic (exact) mass is 1160 g/mol. The van der Waals surface area contributed by atoms with E-state index in [0.29, 0.717) is 90.5 Å². The van der Waals surface area contributed by atoms with Crippen molar-refractivity contribution in [3.8, 4) is 86.2 Å². The smallest absolute Gasteiger partial charge is 0.303 e. The molecular formula is C63H68O21. The highest BCUT2D eigenvalue weighted by Gasteiger charge is 2.54. The van der Waals surface area contributed by atoms with E-state index < -0.39 is 66.4 Å². The van der Waals surface area contributed by atoms with Gasteiger partial charge in [0.25, 0.3) is 0 Å². The van der Waals surface area contributed by atoms with Gasteiger partial charge < -0.3 is 85.3 Å². The topological polar surface area (TPSA) is 217 Å². The quantitative estimate of drug-likeness (QED) is 0.0513. The molecular weight excluding hydrogens is 1090 g/mol. The summed E-state index contributed by atoms with van der Waals surface area (Å²) in [5.74, 6) is 0.522. The van der Waals surface area contributed by atoms with Crippen LogP contribution >= 0.6 is 0 Å². The van der Waals surface area contributed by atoms with Gasteiger partial charge in [-0.3, -0.25) is 14.4 Å². The molecule has 0 spiro atoms. The van der Waals surface area contributed by atoms with Crippen LogP contribution in [0, 0.1) is 0 Å². The molecule has 0 saturated carbocycles. The number of methoxy groups -OCH3 is 12. The fourth-order valence-electron chi connectivity index (χ4n) is 11.7. The molecule has 0 aliphatic carbocycles. The first-order chi connectivity index (χ1) is 40.6. The minimum absolute atomic E-state index is 0.0762. The number of fused-ring (bicyclic) bond motifs is 4. The van der Waals surface area contributed by atoms with Crippen LogP contribution in [0.3, 0.4) is 0 Å². The third kappa shape index (κ3) is 10.8. The number of benzene rings is 6. The first kappa shape index (κ1) is 59.4. The summed E-state index contributed by atoms with van der Waals surface area (Å²) in [5.41, 5.74) is 3.46. The van der Waals surface area contributed by atoms with E-state index in [4.69, 9.17) is 85.3 Å². The van der Waals surface area contributed by atoms with Crippen LogP contribution in [0.4, 0.5) is 0 Å². The average Bonchev–Trinajstić information content (AvgIpc) is 0.766. The molecule has 0 aromatic heterocycles. The number of carbonyl (C=O) groups excluding carboxylic acids is 3. The molecule has 0 bridgehead atoms. The van der Waals surface area contributed by atoms with E-state index in [1.165, 1.54) is 106 Å². The number of carbonyl (C=O) groups is 3. The van der Waals surface area contributed by atoms with Crippen LogP contribution in [0.15, 0.2) is 78.9 Å². The van der Waals surface area contributed by atoms with Crippen LogP contribution in [0.5, 0.6) is 86.2 Å². The van der Waals surface area contributed by atoms with E-state index in [9.17, 15) is 14.4 Å². The van der Waals surface area contributed by atoms with Crippen molar-refractivity contribution >= 4 is 17.9 Å². The van der Waals surface area contributed by atoms with E-state index in [1.807, 2.05) is 12.1 Å². The molecule has 3 heterocycles. The maximum Gasteiger partial charge on any atom is 0.303 e. The lowest BCUT2D eigenvalue weighted by atomic mass is 9.72. The van der Waals surface area contributed by atoms with Crippen LogP contribution in [0.1, 0.15) is 95.4 Å². The number of rotatable bonds is 20. The van der Waals surface area contributed by atoms with E-state index >= 15 is 0 Å². The Balaban J connectivity index is 1.48. The Morgan fingerprint density at radius 3 is 1.26 bits per heavy atom. The molecule has 446 valence electrons.